The molecule has 2 aromatic carbocycles. The number of pyridine rings is 1. The normalized spacial score (nSPS) is 12.9. The van der Waals surface area contributed by atoms with Crippen LogP contribution in [0.4, 0.5) is 0 Å². The van der Waals surface area contributed by atoms with Gasteiger partial charge in [0.1, 0.15) is 0 Å². The molecule has 0 radical (unpaired) electrons. The smallest absolute Gasteiger partial charge is 0.339 e. The van der Waals surface area contributed by atoms with Crippen molar-refractivity contribution < 1.29 is 14.6 Å². The van der Waals surface area contributed by atoms with Crippen LogP contribution >= 0.6 is 0 Å². The van der Waals surface area contributed by atoms with Gasteiger partial charge < -0.3 is 14.4 Å². The highest BCUT2D eigenvalue weighted by Crippen LogP contribution is 2.36. The minimum Gasteiger partial charge on any atom is -0.479 e. The molecule has 1 N–H and O–H groups in total. The quantitative estimate of drug-likeness (QED) is 0.727. The molecular formula is C23H25NO4. The SMILES string of the molecule is Cc1ccc(-c2c(C(OC(C)(C)C)C(=O)O)n(C)c(=O)c3ccccc23)cc1. The molecule has 0 aliphatic heterocycles. The number of carboxylic acids is 1. The molecule has 28 heavy (non-hydrogen) atoms. The number of aliphatic carboxylic acids is 1. The Balaban J connectivity index is 2.45. The summed E-state index contributed by atoms with van der Waals surface area (Å²) in [7, 11) is 1.60. The van der Waals surface area contributed by atoms with E-state index in [-0.39, 0.29) is 5.56 Å². The molecule has 5 heteroatoms. The minimum atomic E-state index is -1.28. The molecule has 0 aliphatic carbocycles. The molecule has 0 spiro atoms. The first-order valence-corrected chi connectivity index (χ1v) is 9.19. The average molecular weight is 379 g/mol. The van der Waals surface area contributed by atoms with E-state index in [4.69, 9.17) is 4.74 Å². The highest BCUT2D eigenvalue weighted by atomic mass is 16.5. The van der Waals surface area contributed by atoms with E-state index in [2.05, 4.69) is 0 Å². The van der Waals surface area contributed by atoms with Gasteiger partial charge in [-0.15, -0.1) is 0 Å². The first-order valence-electron chi connectivity index (χ1n) is 9.19. The van der Waals surface area contributed by atoms with E-state index >= 15 is 0 Å². The molecule has 1 atom stereocenters. The van der Waals surface area contributed by atoms with Gasteiger partial charge in [-0.25, -0.2) is 4.79 Å². The van der Waals surface area contributed by atoms with Crippen LogP contribution in [0.25, 0.3) is 21.9 Å². The van der Waals surface area contributed by atoms with E-state index in [0.29, 0.717) is 22.0 Å². The van der Waals surface area contributed by atoms with E-state index in [1.165, 1.54) is 4.57 Å². The van der Waals surface area contributed by atoms with E-state index in [1.54, 1.807) is 33.9 Å². The van der Waals surface area contributed by atoms with Crippen molar-refractivity contribution in [2.45, 2.75) is 39.4 Å². The van der Waals surface area contributed by atoms with Gasteiger partial charge in [0.25, 0.3) is 5.56 Å². The van der Waals surface area contributed by atoms with Crippen LogP contribution in [0.2, 0.25) is 0 Å². The maximum absolute atomic E-state index is 13.0. The molecule has 1 unspecified atom stereocenters. The lowest BCUT2D eigenvalue weighted by Gasteiger charge is -2.28. The van der Waals surface area contributed by atoms with Gasteiger partial charge in [0.2, 0.25) is 0 Å². The van der Waals surface area contributed by atoms with Crippen LogP contribution in [0.15, 0.2) is 53.3 Å². The molecule has 146 valence electrons. The predicted molar refractivity (Wildman–Crippen MR) is 111 cm³/mol. The number of carbonyl (C=O) groups is 1. The van der Waals surface area contributed by atoms with Gasteiger partial charge in [-0.3, -0.25) is 4.79 Å². The average Bonchev–Trinajstić information content (AvgIpc) is 2.63. The molecule has 0 fully saturated rings. The van der Waals surface area contributed by atoms with Crippen molar-refractivity contribution in [3.05, 3.63) is 70.1 Å². The molecular weight excluding hydrogens is 354 g/mol. The summed E-state index contributed by atoms with van der Waals surface area (Å²) in [6.45, 7) is 7.39. The fraction of sp³-hybridized carbons (Fsp3) is 0.304. The lowest BCUT2D eigenvalue weighted by molar-refractivity contribution is -0.161. The van der Waals surface area contributed by atoms with Crippen LogP contribution in [0.3, 0.4) is 0 Å². The van der Waals surface area contributed by atoms with Gasteiger partial charge in [-0.05, 0) is 44.7 Å². The highest BCUT2D eigenvalue weighted by molar-refractivity contribution is 5.98. The van der Waals surface area contributed by atoms with Crippen molar-refractivity contribution in [3.8, 4) is 11.1 Å². The second-order valence-electron chi connectivity index (χ2n) is 7.98. The summed E-state index contributed by atoms with van der Waals surface area (Å²) in [4.78, 5) is 25.2. The first kappa shape index (κ1) is 19.8. The maximum Gasteiger partial charge on any atom is 0.339 e. The van der Waals surface area contributed by atoms with Crippen LogP contribution in [-0.2, 0) is 16.6 Å². The summed E-state index contributed by atoms with van der Waals surface area (Å²) in [5, 5.41) is 11.2. The number of benzene rings is 2. The van der Waals surface area contributed by atoms with Crippen LogP contribution in [-0.4, -0.2) is 21.2 Å². The van der Waals surface area contributed by atoms with Gasteiger partial charge >= 0.3 is 5.97 Å². The van der Waals surface area contributed by atoms with Gasteiger partial charge in [-0.1, -0.05) is 48.0 Å². The van der Waals surface area contributed by atoms with Gasteiger partial charge in [0.05, 0.1) is 11.3 Å². The van der Waals surface area contributed by atoms with Gasteiger partial charge in [0.15, 0.2) is 6.10 Å². The monoisotopic (exact) mass is 379 g/mol. The largest absolute Gasteiger partial charge is 0.479 e. The van der Waals surface area contributed by atoms with E-state index < -0.39 is 17.7 Å². The second-order valence-corrected chi connectivity index (χ2v) is 7.98. The Labute approximate surface area is 164 Å². The number of hydrogen-bond acceptors (Lipinski definition) is 3. The molecule has 5 nitrogen and oxygen atoms in total. The third kappa shape index (κ3) is 3.71. The number of ether oxygens (including phenoxy) is 1. The summed E-state index contributed by atoms with van der Waals surface area (Å²) in [6.07, 6.45) is -1.28. The number of fused-ring (bicyclic) bond motifs is 1. The molecule has 0 amide bonds. The van der Waals surface area contributed by atoms with Crippen molar-refractivity contribution in [2.24, 2.45) is 7.05 Å². The third-order valence-electron chi connectivity index (χ3n) is 4.63. The number of aryl methyl sites for hydroxylation is 1. The van der Waals surface area contributed by atoms with Gasteiger partial charge in [0, 0.05) is 18.0 Å². The maximum atomic E-state index is 13.0. The zero-order chi connectivity index (χ0) is 20.6. The minimum absolute atomic E-state index is 0.245. The van der Waals surface area contributed by atoms with Crippen molar-refractivity contribution >= 4 is 16.7 Å². The molecule has 1 heterocycles. The standard InChI is InChI=1S/C23H25NO4/c1-14-10-12-15(13-11-14)18-16-8-6-7-9-17(16)21(25)24(5)19(18)20(22(26)27)28-23(2,3)4/h6-13,20H,1-5H3,(H,26,27). The number of nitrogens with zero attached hydrogens (tertiary/aromatic N) is 1. The zero-order valence-corrected chi connectivity index (χ0v) is 16.8. The van der Waals surface area contributed by atoms with Crippen LogP contribution in [0, 0.1) is 6.92 Å². The van der Waals surface area contributed by atoms with E-state index in [0.717, 1.165) is 11.1 Å². The molecule has 3 aromatic rings. The van der Waals surface area contributed by atoms with Crippen molar-refractivity contribution in [1.82, 2.24) is 4.57 Å². The first-order chi connectivity index (χ1) is 13.1. The number of rotatable bonds is 4. The molecule has 3 rings (SSSR count). The number of aromatic nitrogens is 1. The predicted octanol–water partition coefficient (Wildman–Crippen LogP) is 4.45. The summed E-state index contributed by atoms with van der Waals surface area (Å²) in [5.74, 6) is -1.13. The molecule has 0 saturated carbocycles. The van der Waals surface area contributed by atoms with Crippen molar-refractivity contribution in [1.29, 1.82) is 0 Å². The Morgan fingerprint density at radius 2 is 1.61 bits per heavy atom. The molecule has 0 aliphatic rings. The summed E-state index contributed by atoms with van der Waals surface area (Å²) < 4.78 is 7.30. The van der Waals surface area contributed by atoms with Crippen LogP contribution < -0.4 is 5.56 Å². The number of hydrogen-bond donors (Lipinski definition) is 1. The Kier molecular flexibility index (Phi) is 5.13. The van der Waals surface area contributed by atoms with E-state index in [9.17, 15) is 14.7 Å². The Hall–Kier alpha value is -2.92. The fourth-order valence-electron chi connectivity index (χ4n) is 3.39. The Bertz CT molecular complexity index is 1090. The van der Waals surface area contributed by atoms with Crippen molar-refractivity contribution in [3.63, 3.8) is 0 Å². The zero-order valence-electron chi connectivity index (χ0n) is 16.8. The summed E-state index contributed by atoms with van der Waals surface area (Å²) >= 11 is 0. The van der Waals surface area contributed by atoms with Crippen LogP contribution in [0.1, 0.15) is 38.1 Å². The highest BCUT2D eigenvalue weighted by Gasteiger charge is 2.32. The fourth-order valence-corrected chi connectivity index (χ4v) is 3.39. The molecule has 1 aromatic heterocycles. The van der Waals surface area contributed by atoms with E-state index in [1.807, 2.05) is 49.4 Å². The Morgan fingerprint density at radius 3 is 2.14 bits per heavy atom. The van der Waals surface area contributed by atoms with Gasteiger partial charge in [-0.2, -0.15) is 0 Å². The van der Waals surface area contributed by atoms with Crippen LogP contribution in [0.5, 0.6) is 0 Å². The topological polar surface area (TPSA) is 68.5 Å². The lowest BCUT2D eigenvalue weighted by Crippen LogP contribution is -2.32. The number of carboxylic acid groups (broad SMARTS) is 1. The second kappa shape index (κ2) is 7.24. The molecule has 0 bridgehead atoms. The Morgan fingerprint density at radius 1 is 1.04 bits per heavy atom. The molecule has 0 saturated heterocycles. The lowest BCUT2D eigenvalue weighted by atomic mass is 9.93. The van der Waals surface area contributed by atoms with Crippen molar-refractivity contribution in [2.75, 3.05) is 0 Å². The summed E-state index contributed by atoms with van der Waals surface area (Å²) in [5.41, 5.74) is 2.04. The third-order valence-corrected chi connectivity index (χ3v) is 4.63. The summed E-state index contributed by atoms with van der Waals surface area (Å²) in [6, 6.07) is 15.1.